The summed E-state index contributed by atoms with van der Waals surface area (Å²) in [5.74, 6) is -1.33. The lowest BCUT2D eigenvalue weighted by Gasteiger charge is -2.24. The third-order valence-corrected chi connectivity index (χ3v) is 5.24. The van der Waals surface area contributed by atoms with Crippen molar-refractivity contribution < 1.29 is 28.8 Å². The van der Waals surface area contributed by atoms with Gasteiger partial charge in [-0.15, -0.1) is 0 Å². The van der Waals surface area contributed by atoms with Crippen molar-refractivity contribution in [3.8, 4) is 5.75 Å². The molecule has 0 radical (unpaired) electrons. The zero-order chi connectivity index (χ0) is 22.8. The van der Waals surface area contributed by atoms with Crippen molar-refractivity contribution >= 4 is 23.1 Å². The molecule has 0 saturated carbocycles. The molecule has 1 N–H and O–H groups in total. The molecule has 9 nitrogen and oxygen atoms in total. The molecule has 1 saturated heterocycles. The van der Waals surface area contributed by atoms with E-state index in [-0.39, 0.29) is 28.9 Å². The van der Waals surface area contributed by atoms with Gasteiger partial charge in [0.05, 0.1) is 42.0 Å². The minimum atomic E-state index is -1.18. The van der Waals surface area contributed by atoms with E-state index in [4.69, 9.17) is 9.15 Å². The van der Waals surface area contributed by atoms with Gasteiger partial charge in [0.1, 0.15) is 17.3 Å². The predicted molar refractivity (Wildman–Crippen MR) is 113 cm³/mol. The van der Waals surface area contributed by atoms with Crippen LogP contribution in [0, 0.1) is 10.1 Å². The number of carbonyl (C=O) groups is 2. The number of aliphatic hydroxyl groups excluding tert-OH is 1. The third-order valence-electron chi connectivity index (χ3n) is 5.24. The molecular weight excluding hydrogens is 416 g/mol. The minimum Gasteiger partial charge on any atom is -0.507 e. The quantitative estimate of drug-likeness (QED) is 0.206. The number of nitrogens with zero attached hydrogens (tertiary/aromatic N) is 2. The molecule has 0 unspecified atom stereocenters. The van der Waals surface area contributed by atoms with Gasteiger partial charge in [0, 0.05) is 11.6 Å². The molecular formula is C23H18N2O7. The van der Waals surface area contributed by atoms with Crippen molar-refractivity contribution in [2.45, 2.75) is 12.6 Å². The molecule has 0 bridgehead atoms. The molecule has 162 valence electrons. The smallest absolute Gasteiger partial charge is 0.296 e. The molecule has 1 fully saturated rings. The summed E-state index contributed by atoms with van der Waals surface area (Å²) >= 11 is 0. The maximum atomic E-state index is 13.0. The van der Waals surface area contributed by atoms with Gasteiger partial charge in [-0.25, -0.2) is 0 Å². The second-order valence-corrected chi connectivity index (χ2v) is 7.05. The summed E-state index contributed by atoms with van der Waals surface area (Å²) in [5.41, 5.74) is -0.130. The van der Waals surface area contributed by atoms with E-state index >= 15 is 0 Å². The topological polar surface area (TPSA) is 123 Å². The summed E-state index contributed by atoms with van der Waals surface area (Å²) in [7, 11) is 1.49. The Balaban J connectivity index is 1.91. The van der Waals surface area contributed by atoms with Gasteiger partial charge in [-0.3, -0.25) is 19.7 Å². The molecule has 32 heavy (non-hydrogen) atoms. The van der Waals surface area contributed by atoms with E-state index in [2.05, 4.69) is 0 Å². The Morgan fingerprint density at radius 1 is 1.12 bits per heavy atom. The van der Waals surface area contributed by atoms with Gasteiger partial charge in [0.2, 0.25) is 0 Å². The molecule has 1 atom stereocenters. The van der Waals surface area contributed by atoms with Crippen LogP contribution >= 0.6 is 0 Å². The summed E-state index contributed by atoms with van der Waals surface area (Å²) in [6.45, 7) is -0.103. The first-order valence-electron chi connectivity index (χ1n) is 9.61. The van der Waals surface area contributed by atoms with Gasteiger partial charge in [-0.1, -0.05) is 12.1 Å². The normalized spacial score (nSPS) is 17.5. The van der Waals surface area contributed by atoms with Crippen LogP contribution in [0.3, 0.4) is 0 Å². The summed E-state index contributed by atoms with van der Waals surface area (Å²) in [6.07, 6.45) is 1.42. The first-order chi connectivity index (χ1) is 15.4. The molecule has 2 aromatic carbocycles. The number of methoxy groups -OCH3 is 1. The zero-order valence-electron chi connectivity index (χ0n) is 16.9. The highest BCUT2D eigenvalue weighted by atomic mass is 16.6. The summed E-state index contributed by atoms with van der Waals surface area (Å²) < 4.78 is 10.4. The molecule has 4 rings (SSSR count). The number of para-hydroxylation sites is 1. The van der Waals surface area contributed by atoms with Crippen LogP contribution in [0.5, 0.6) is 5.75 Å². The van der Waals surface area contributed by atoms with Crippen molar-refractivity contribution in [3.63, 3.8) is 0 Å². The predicted octanol–water partition coefficient (Wildman–Crippen LogP) is 3.82. The number of aliphatic hydroxyl groups is 1. The van der Waals surface area contributed by atoms with Gasteiger partial charge in [-0.05, 0) is 42.5 Å². The third kappa shape index (κ3) is 3.60. The standard InChI is InChI=1S/C23H18N2O7/c1-31-15-10-8-14(9-11-15)21(26)19-20(17-6-2-3-7-18(17)25(29)30)24(23(28)22(19)27)13-16-5-4-12-32-16/h2-12,20,26H,13H2,1H3/b21-19+/t20-/m1/s1. The van der Waals surface area contributed by atoms with E-state index in [1.807, 2.05) is 0 Å². The second-order valence-electron chi connectivity index (χ2n) is 7.05. The molecule has 0 aliphatic carbocycles. The Kier molecular flexibility index (Phi) is 5.46. The van der Waals surface area contributed by atoms with Crippen molar-refractivity contribution in [1.29, 1.82) is 0 Å². The highest BCUT2D eigenvalue weighted by molar-refractivity contribution is 6.46. The summed E-state index contributed by atoms with van der Waals surface area (Å²) in [4.78, 5) is 38.2. The number of amides is 1. The van der Waals surface area contributed by atoms with Crippen LogP contribution in [0.25, 0.3) is 5.76 Å². The van der Waals surface area contributed by atoms with E-state index in [0.717, 1.165) is 0 Å². The number of benzene rings is 2. The molecule has 1 aliphatic heterocycles. The first kappa shape index (κ1) is 20.9. The highest BCUT2D eigenvalue weighted by Gasteiger charge is 2.48. The molecule has 0 spiro atoms. The fourth-order valence-electron chi connectivity index (χ4n) is 3.73. The minimum absolute atomic E-state index is 0.103. The average Bonchev–Trinajstić information content (AvgIpc) is 3.41. The van der Waals surface area contributed by atoms with Crippen LogP contribution in [-0.4, -0.2) is 33.7 Å². The second kappa shape index (κ2) is 8.38. The molecule has 3 aromatic rings. The van der Waals surface area contributed by atoms with Crippen LogP contribution in [0.15, 0.2) is 76.9 Å². The number of nitro groups is 1. The van der Waals surface area contributed by atoms with Crippen LogP contribution in [0.1, 0.15) is 22.9 Å². The Bertz CT molecular complexity index is 1210. The lowest BCUT2D eigenvalue weighted by Crippen LogP contribution is -2.29. The van der Waals surface area contributed by atoms with E-state index in [9.17, 15) is 24.8 Å². The van der Waals surface area contributed by atoms with Crippen LogP contribution in [0.2, 0.25) is 0 Å². The number of ether oxygens (including phenoxy) is 1. The van der Waals surface area contributed by atoms with Gasteiger partial charge in [-0.2, -0.15) is 0 Å². The SMILES string of the molecule is COc1ccc(/C(O)=C2\C(=O)C(=O)N(Cc3ccco3)[C@@H]2c2ccccc2[N+](=O)[O-])cc1. The van der Waals surface area contributed by atoms with Gasteiger partial charge in [0.25, 0.3) is 17.4 Å². The lowest BCUT2D eigenvalue weighted by atomic mass is 9.94. The number of likely N-dealkylation sites (tertiary alicyclic amines) is 1. The number of furan rings is 1. The van der Waals surface area contributed by atoms with E-state index in [1.165, 1.54) is 48.6 Å². The van der Waals surface area contributed by atoms with Crippen LogP contribution in [-0.2, 0) is 16.1 Å². The molecule has 1 aliphatic rings. The number of rotatable bonds is 6. The van der Waals surface area contributed by atoms with Gasteiger partial charge in [0.15, 0.2) is 0 Å². The zero-order valence-corrected chi connectivity index (χ0v) is 16.9. The Hall–Kier alpha value is -4.40. The number of carbonyl (C=O) groups excluding carboxylic acids is 2. The maximum absolute atomic E-state index is 13.0. The highest BCUT2D eigenvalue weighted by Crippen LogP contribution is 2.43. The van der Waals surface area contributed by atoms with Crippen molar-refractivity contribution in [1.82, 2.24) is 4.90 Å². The fourth-order valence-corrected chi connectivity index (χ4v) is 3.73. The van der Waals surface area contributed by atoms with Crippen LogP contribution < -0.4 is 4.74 Å². The monoisotopic (exact) mass is 434 g/mol. The molecule has 1 amide bonds. The van der Waals surface area contributed by atoms with Crippen molar-refractivity contribution in [2.24, 2.45) is 0 Å². The Morgan fingerprint density at radius 2 is 1.84 bits per heavy atom. The number of Topliss-reactive ketones (excluding diaryl/α,β-unsaturated/α-hetero) is 1. The number of ketones is 1. The molecule has 1 aromatic heterocycles. The number of nitro benzene ring substituents is 1. The number of hydrogen-bond acceptors (Lipinski definition) is 7. The van der Waals surface area contributed by atoms with Crippen molar-refractivity contribution in [2.75, 3.05) is 7.11 Å². The Labute approximate surface area is 182 Å². The first-order valence-corrected chi connectivity index (χ1v) is 9.61. The van der Waals surface area contributed by atoms with Gasteiger partial charge < -0.3 is 19.2 Å². The molecule has 9 heteroatoms. The van der Waals surface area contributed by atoms with Crippen molar-refractivity contribution in [3.05, 3.63) is 99.5 Å². The fraction of sp³-hybridized carbons (Fsp3) is 0.130. The average molecular weight is 434 g/mol. The lowest BCUT2D eigenvalue weighted by molar-refractivity contribution is -0.385. The van der Waals surface area contributed by atoms with E-state index in [0.29, 0.717) is 11.5 Å². The molecule has 2 heterocycles. The maximum Gasteiger partial charge on any atom is 0.296 e. The number of hydrogen-bond donors (Lipinski definition) is 1. The Morgan fingerprint density at radius 3 is 2.47 bits per heavy atom. The largest absolute Gasteiger partial charge is 0.507 e. The summed E-state index contributed by atoms with van der Waals surface area (Å²) in [6, 6.07) is 14.1. The van der Waals surface area contributed by atoms with Crippen LogP contribution in [0.4, 0.5) is 5.69 Å². The summed E-state index contributed by atoms with van der Waals surface area (Å²) in [5, 5.41) is 22.7. The van der Waals surface area contributed by atoms with Gasteiger partial charge >= 0.3 is 0 Å². The van der Waals surface area contributed by atoms with E-state index < -0.39 is 28.4 Å². The van der Waals surface area contributed by atoms with E-state index in [1.54, 1.807) is 30.3 Å².